The highest BCUT2D eigenvalue weighted by Gasteiger charge is 2.22. The molecule has 5 N–H and O–H groups in total. The second-order valence-electron chi connectivity index (χ2n) is 3.69. The summed E-state index contributed by atoms with van der Waals surface area (Å²) in [4.78, 5) is 15.2. The molecule has 0 aromatic carbocycles. The molecule has 0 saturated heterocycles. The van der Waals surface area contributed by atoms with E-state index in [0.717, 1.165) is 6.21 Å². The van der Waals surface area contributed by atoms with Crippen LogP contribution in [0.2, 0.25) is 0 Å². The van der Waals surface area contributed by atoms with Crippen LogP contribution in [0, 0.1) is 0 Å². The number of nitrogens with zero attached hydrogens (tertiary/aromatic N) is 2. The first-order valence-electron chi connectivity index (χ1n) is 5.45. The van der Waals surface area contributed by atoms with Crippen molar-refractivity contribution in [2.45, 2.75) is 18.3 Å². The van der Waals surface area contributed by atoms with Crippen molar-refractivity contribution in [2.75, 3.05) is 6.61 Å². The van der Waals surface area contributed by atoms with Crippen LogP contribution in [0.25, 0.3) is 0 Å². The number of aliphatic hydroxyl groups is 4. The zero-order valence-electron chi connectivity index (χ0n) is 9.92. The lowest BCUT2D eigenvalue weighted by molar-refractivity contribution is -0.0542. The largest absolute Gasteiger partial charge is 0.394 e. The van der Waals surface area contributed by atoms with E-state index in [-0.39, 0.29) is 0 Å². The summed E-state index contributed by atoms with van der Waals surface area (Å²) in [7, 11) is 0. The van der Waals surface area contributed by atoms with Gasteiger partial charge < -0.3 is 20.4 Å². The third kappa shape index (κ3) is 4.72. The third-order valence-corrected chi connectivity index (χ3v) is 2.27. The van der Waals surface area contributed by atoms with Gasteiger partial charge in [0.1, 0.15) is 18.3 Å². The lowest BCUT2D eigenvalue weighted by atomic mass is 10.1. The van der Waals surface area contributed by atoms with Crippen LogP contribution in [-0.2, 0) is 0 Å². The van der Waals surface area contributed by atoms with Gasteiger partial charge in [-0.05, 0) is 12.1 Å². The van der Waals surface area contributed by atoms with Gasteiger partial charge >= 0.3 is 0 Å². The average Bonchev–Trinajstić information content (AvgIpc) is 2.46. The molecule has 1 rings (SSSR count). The number of aliphatic hydroxyl groups excluding tert-OH is 4. The highest BCUT2D eigenvalue weighted by atomic mass is 16.4. The normalized spacial score (nSPS) is 16.0. The van der Waals surface area contributed by atoms with Crippen molar-refractivity contribution in [3.63, 3.8) is 0 Å². The van der Waals surface area contributed by atoms with Crippen LogP contribution in [0.15, 0.2) is 29.6 Å². The molecule has 0 fully saturated rings. The number of hydrogen-bond donors (Lipinski definition) is 5. The summed E-state index contributed by atoms with van der Waals surface area (Å²) in [5.41, 5.74) is 2.46. The first kappa shape index (κ1) is 15.2. The maximum Gasteiger partial charge on any atom is 0.271 e. The van der Waals surface area contributed by atoms with Crippen molar-refractivity contribution in [3.8, 4) is 0 Å². The fraction of sp³-hybridized carbons (Fsp3) is 0.364. The van der Waals surface area contributed by atoms with Crippen LogP contribution in [0.5, 0.6) is 0 Å². The molecule has 1 heterocycles. The van der Waals surface area contributed by atoms with Gasteiger partial charge in [-0.2, -0.15) is 5.10 Å². The third-order valence-electron chi connectivity index (χ3n) is 2.27. The number of rotatable bonds is 6. The van der Waals surface area contributed by atoms with E-state index in [0.29, 0.717) is 5.56 Å². The van der Waals surface area contributed by atoms with Gasteiger partial charge in [0.05, 0.1) is 12.8 Å². The molecule has 0 aliphatic heterocycles. The van der Waals surface area contributed by atoms with Crippen LogP contribution in [0.4, 0.5) is 0 Å². The lowest BCUT2D eigenvalue weighted by Crippen LogP contribution is -2.40. The quantitative estimate of drug-likeness (QED) is 0.296. The summed E-state index contributed by atoms with van der Waals surface area (Å²) in [6, 6.07) is 2.96. The van der Waals surface area contributed by atoms with Crippen molar-refractivity contribution < 1.29 is 25.2 Å². The smallest absolute Gasteiger partial charge is 0.271 e. The van der Waals surface area contributed by atoms with Crippen LogP contribution < -0.4 is 5.43 Å². The molecule has 8 nitrogen and oxygen atoms in total. The van der Waals surface area contributed by atoms with Crippen LogP contribution >= 0.6 is 0 Å². The maximum absolute atomic E-state index is 11.5. The summed E-state index contributed by atoms with van der Waals surface area (Å²) in [5, 5.41) is 39.7. The molecule has 1 aromatic rings. The number of hydrogen-bond acceptors (Lipinski definition) is 7. The van der Waals surface area contributed by atoms with Crippen molar-refractivity contribution in [3.05, 3.63) is 30.1 Å². The fourth-order valence-corrected chi connectivity index (χ4v) is 1.16. The number of aromatic nitrogens is 1. The molecule has 0 aliphatic rings. The van der Waals surface area contributed by atoms with E-state index in [1.165, 1.54) is 24.5 Å². The Bertz CT molecular complexity index is 426. The number of hydrazone groups is 1. The minimum Gasteiger partial charge on any atom is -0.394 e. The van der Waals surface area contributed by atoms with Gasteiger partial charge in [0.15, 0.2) is 0 Å². The van der Waals surface area contributed by atoms with Gasteiger partial charge in [0, 0.05) is 18.0 Å². The van der Waals surface area contributed by atoms with Gasteiger partial charge in [-0.15, -0.1) is 0 Å². The first-order chi connectivity index (χ1) is 9.06. The predicted molar refractivity (Wildman–Crippen MR) is 65.3 cm³/mol. The molecule has 19 heavy (non-hydrogen) atoms. The second-order valence-corrected chi connectivity index (χ2v) is 3.69. The topological polar surface area (TPSA) is 135 Å². The summed E-state index contributed by atoms with van der Waals surface area (Å²) < 4.78 is 0. The summed E-state index contributed by atoms with van der Waals surface area (Å²) in [5.74, 6) is -0.511. The van der Waals surface area contributed by atoms with E-state index >= 15 is 0 Å². The summed E-state index contributed by atoms with van der Waals surface area (Å²) in [6.45, 7) is -0.699. The van der Waals surface area contributed by atoms with E-state index in [1.54, 1.807) is 0 Å². The zero-order valence-corrected chi connectivity index (χ0v) is 9.92. The minimum atomic E-state index is -1.59. The molecule has 0 saturated carbocycles. The number of carbonyl (C=O) groups excluding carboxylic acids is 1. The molecule has 8 heteroatoms. The number of amides is 1. The minimum absolute atomic E-state index is 0.331. The van der Waals surface area contributed by atoms with Crippen molar-refractivity contribution in [1.82, 2.24) is 10.4 Å². The van der Waals surface area contributed by atoms with E-state index in [9.17, 15) is 15.0 Å². The maximum atomic E-state index is 11.5. The van der Waals surface area contributed by atoms with Gasteiger partial charge in [0.2, 0.25) is 0 Å². The molecule has 1 aromatic heterocycles. The Kier molecular flexibility index (Phi) is 6.03. The molecule has 0 radical (unpaired) electrons. The molecular formula is C11H15N3O5. The molecule has 3 unspecified atom stereocenters. The molecule has 0 aliphatic carbocycles. The second kappa shape index (κ2) is 7.54. The van der Waals surface area contributed by atoms with Crippen LogP contribution in [0.3, 0.4) is 0 Å². The van der Waals surface area contributed by atoms with Crippen molar-refractivity contribution in [2.24, 2.45) is 5.10 Å². The van der Waals surface area contributed by atoms with E-state index in [4.69, 9.17) is 10.2 Å². The zero-order chi connectivity index (χ0) is 14.3. The lowest BCUT2D eigenvalue weighted by Gasteiger charge is -2.17. The molecular weight excluding hydrogens is 254 g/mol. The van der Waals surface area contributed by atoms with Gasteiger partial charge in [-0.3, -0.25) is 9.78 Å². The van der Waals surface area contributed by atoms with Gasteiger partial charge in [-0.25, -0.2) is 5.43 Å². The molecule has 0 spiro atoms. The van der Waals surface area contributed by atoms with Crippen molar-refractivity contribution in [1.29, 1.82) is 0 Å². The van der Waals surface area contributed by atoms with Crippen molar-refractivity contribution >= 4 is 12.1 Å². The standard InChI is InChI=1S/C11H15N3O5/c15-6-9(17)10(18)8(16)5-13-14-11(19)7-1-3-12-4-2-7/h1-5,8-10,15-18H,6H2,(H,14,19)/b13-5+. The molecule has 1 amide bonds. The highest BCUT2D eigenvalue weighted by molar-refractivity contribution is 5.94. The number of carbonyl (C=O) groups is 1. The van der Waals surface area contributed by atoms with E-state index in [2.05, 4.69) is 15.5 Å². The Hall–Kier alpha value is -1.87. The molecule has 3 atom stereocenters. The van der Waals surface area contributed by atoms with Crippen LogP contribution in [-0.4, -0.2) is 62.5 Å². The number of pyridine rings is 1. The van der Waals surface area contributed by atoms with Gasteiger partial charge in [0.25, 0.3) is 5.91 Å². The van der Waals surface area contributed by atoms with E-state index < -0.39 is 30.8 Å². The van der Waals surface area contributed by atoms with E-state index in [1.807, 2.05) is 0 Å². The predicted octanol–water partition coefficient (Wildman–Crippen LogP) is -2.13. The highest BCUT2D eigenvalue weighted by Crippen LogP contribution is 1.98. The monoisotopic (exact) mass is 269 g/mol. The summed E-state index contributed by atoms with van der Waals surface area (Å²) >= 11 is 0. The fourth-order valence-electron chi connectivity index (χ4n) is 1.16. The Balaban J connectivity index is 2.48. The Morgan fingerprint density at radius 3 is 2.58 bits per heavy atom. The first-order valence-corrected chi connectivity index (χ1v) is 5.45. The van der Waals surface area contributed by atoms with Crippen LogP contribution in [0.1, 0.15) is 10.4 Å². The number of nitrogens with one attached hydrogen (secondary N) is 1. The Labute approximate surface area is 109 Å². The summed E-state index contributed by atoms with van der Waals surface area (Å²) in [6.07, 6.45) is -0.865. The SMILES string of the molecule is O=C(N/N=C/C(O)C(O)C(O)CO)c1ccncc1. The Morgan fingerprint density at radius 1 is 1.37 bits per heavy atom. The van der Waals surface area contributed by atoms with Gasteiger partial charge in [-0.1, -0.05) is 0 Å². The Morgan fingerprint density at radius 2 is 2.00 bits per heavy atom. The molecule has 104 valence electrons. The average molecular weight is 269 g/mol. The molecule has 0 bridgehead atoms.